The SMILES string of the molecule is CCCCCC1CCc2ccccc2N1Br. The van der Waals surface area contributed by atoms with Gasteiger partial charge >= 0.3 is 0 Å². The number of unbranched alkanes of at least 4 members (excludes halogenated alkanes) is 2. The van der Waals surface area contributed by atoms with Crippen LogP contribution in [0, 0.1) is 0 Å². The number of fused-ring (bicyclic) bond motifs is 1. The molecule has 1 aromatic carbocycles. The molecule has 0 radical (unpaired) electrons. The Balaban J connectivity index is 2.00. The van der Waals surface area contributed by atoms with Crippen LogP contribution in [0.5, 0.6) is 0 Å². The number of aryl methyl sites for hydroxylation is 1. The fourth-order valence-electron chi connectivity index (χ4n) is 2.45. The molecule has 16 heavy (non-hydrogen) atoms. The molecule has 0 fully saturated rings. The number of para-hydroxylation sites is 1. The summed E-state index contributed by atoms with van der Waals surface area (Å²) in [4.78, 5) is 0. The second-order valence-electron chi connectivity index (χ2n) is 4.63. The van der Waals surface area contributed by atoms with Crippen LogP contribution in [0.1, 0.15) is 44.6 Å². The smallest absolute Gasteiger partial charge is 0.0506 e. The number of anilines is 1. The molecule has 88 valence electrons. The van der Waals surface area contributed by atoms with Gasteiger partial charge in [0.25, 0.3) is 0 Å². The standard InChI is InChI=1S/C14H20BrN/c1-2-3-4-8-13-11-10-12-7-5-6-9-14(12)16(13)15/h5-7,9,13H,2-4,8,10-11H2,1H3. The van der Waals surface area contributed by atoms with Crippen molar-refractivity contribution in [3.8, 4) is 0 Å². The van der Waals surface area contributed by atoms with Gasteiger partial charge in [-0.2, -0.15) is 0 Å². The van der Waals surface area contributed by atoms with Crippen molar-refractivity contribution in [2.75, 3.05) is 3.93 Å². The molecule has 0 saturated carbocycles. The number of halogens is 1. The Morgan fingerprint density at radius 1 is 1.31 bits per heavy atom. The zero-order valence-electron chi connectivity index (χ0n) is 9.95. The third-order valence-electron chi connectivity index (χ3n) is 3.43. The van der Waals surface area contributed by atoms with E-state index in [-0.39, 0.29) is 0 Å². The molecule has 1 nitrogen and oxygen atoms in total. The summed E-state index contributed by atoms with van der Waals surface area (Å²) in [7, 11) is 0. The van der Waals surface area contributed by atoms with Crippen LogP contribution in [0.4, 0.5) is 5.69 Å². The van der Waals surface area contributed by atoms with Crippen molar-refractivity contribution in [1.29, 1.82) is 0 Å². The van der Waals surface area contributed by atoms with Crippen molar-refractivity contribution in [2.45, 2.75) is 51.5 Å². The second-order valence-corrected chi connectivity index (χ2v) is 5.39. The maximum atomic E-state index is 3.74. The summed E-state index contributed by atoms with van der Waals surface area (Å²) in [5.41, 5.74) is 2.85. The summed E-state index contributed by atoms with van der Waals surface area (Å²) in [5.74, 6) is 0. The highest BCUT2D eigenvalue weighted by atomic mass is 79.9. The third-order valence-corrected chi connectivity index (χ3v) is 4.39. The average Bonchev–Trinajstić information content (AvgIpc) is 2.33. The van der Waals surface area contributed by atoms with Gasteiger partial charge in [-0.25, -0.2) is 0 Å². The highest BCUT2D eigenvalue weighted by Gasteiger charge is 2.23. The minimum Gasteiger partial charge on any atom is -0.306 e. The minimum absolute atomic E-state index is 0.682. The zero-order valence-corrected chi connectivity index (χ0v) is 11.5. The highest BCUT2D eigenvalue weighted by Crippen LogP contribution is 2.34. The first-order valence-electron chi connectivity index (χ1n) is 6.36. The molecule has 1 unspecified atom stereocenters. The van der Waals surface area contributed by atoms with Gasteiger partial charge in [-0.05, 0) is 30.9 Å². The molecular weight excluding hydrogens is 262 g/mol. The van der Waals surface area contributed by atoms with Crippen LogP contribution in [0.3, 0.4) is 0 Å². The summed E-state index contributed by atoms with van der Waals surface area (Å²) >= 11 is 3.74. The molecule has 0 bridgehead atoms. The summed E-state index contributed by atoms with van der Waals surface area (Å²) in [6, 6.07) is 9.40. The Morgan fingerprint density at radius 3 is 2.94 bits per heavy atom. The van der Waals surface area contributed by atoms with E-state index in [1.54, 1.807) is 0 Å². The van der Waals surface area contributed by atoms with Gasteiger partial charge in [0.2, 0.25) is 0 Å². The first-order chi connectivity index (χ1) is 7.83. The van der Waals surface area contributed by atoms with Crippen molar-refractivity contribution in [3.63, 3.8) is 0 Å². The number of hydrogen-bond donors (Lipinski definition) is 0. The maximum Gasteiger partial charge on any atom is 0.0506 e. The van der Waals surface area contributed by atoms with Crippen molar-refractivity contribution in [1.82, 2.24) is 0 Å². The summed E-state index contributed by atoms with van der Waals surface area (Å²) in [6.07, 6.45) is 7.85. The Hall–Kier alpha value is -0.500. The first-order valence-corrected chi connectivity index (χ1v) is 7.06. The number of hydrogen-bond acceptors (Lipinski definition) is 1. The molecule has 0 spiro atoms. The van der Waals surface area contributed by atoms with Gasteiger partial charge in [0.05, 0.1) is 5.69 Å². The first kappa shape index (κ1) is 12.0. The van der Waals surface area contributed by atoms with Gasteiger partial charge in [-0.1, -0.05) is 44.4 Å². The van der Waals surface area contributed by atoms with Crippen LogP contribution in [0.15, 0.2) is 24.3 Å². The van der Waals surface area contributed by atoms with Crippen molar-refractivity contribution in [3.05, 3.63) is 29.8 Å². The van der Waals surface area contributed by atoms with E-state index in [1.807, 2.05) is 0 Å². The predicted molar refractivity (Wildman–Crippen MR) is 74.1 cm³/mol. The Bertz CT molecular complexity index is 337. The molecule has 0 aromatic heterocycles. The van der Waals surface area contributed by atoms with Gasteiger partial charge in [0.1, 0.15) is 0 Å². The van der Waals surface area contributed by atoms with Crippen LogP contribution < -0.4 is 3.93 Å². The lowest BCUT2D eigenvalue weighted by atomic mass is 9.95. The number of nitrogens with zero attached hydrogens (tertiary/aromatic N) is 1. The second kappa shape index (κ2) is 5.72. The fraction of sp³-hybridized carbons (Fsp3) is 0.571. The lowest BCUT2D eigenvalue weighted by molar-refractivity contribution is 0.524. The van der Waals surface area contributed by atoms with Gasteiger partial charge in [-0.15, -0.1) is 0 Å². The molecule has 1 aliphatic rings. The largest absolute Gasteiger partial charge is 0.306 e. The predicted octanol–water partition coefficient (Wildman–Crippen LogP) is 4.70. The van der Waals surface area contributed by atoms with Crippen LogP contribution in [0.2, 0.25) is 0 Å². The minimum atomic E-state index is 0.682. The number of rotatable bonds is 4. The molecule has 2 heteroatoms. The van der Waals surface area contributed by atoms with E-state index in [1.165, 1.54) is 49.8 Å². The van der Waals surface area contributed by atoms with Crippen molar-refractivity contribution >= 4 is 21.8 Å². The third kappa shape index (κ3) is 2.60. The molecular formula is C14H20BrN. The van der Waals surface area contributed by atoms with E-state index in [9.17, 15) is 0 Å². The lowest BCUT2D eigenvalue weighted by Gasteiger charge is -2.34. The molecule has 0 aliphatic carbocycles. The Kier molecular flexibility index (Phi) is 4.28. The molecule has 1 heterocycles. The molecule has 0 amide bonds. The lowest BCUT2D eigenvalue weighted by Crippen LogP contribution is -2.31. The maximum absolute atomic E-state index is 3.74. The monoisotopic (exact) mass is 281 g/mol. The zero-order chi connectivity index (χ0) is 11.4. The van der Waals surface area contributed by atoms with Crippen LogP contribution in [-0.2, 0) is 6.42 Å². The van der Waals surface area contributed by atoms with Gasteiger partial charge in [0, 0.05) is 22.2 Å². The van der Waals surface area contributed by atoms with E-state index in [0.29, 0.717) is 6.04 Å². The molecule has 1 aliphatic heterocycles. The molecule has 0 saturated heterocycles. The molecule has 1 aromatic rings. The molecule has 1 atom stereocenters. The van der Waals surface area contributed by atoms with E-state index in [0.717, 1.165) is 0 Å². The van der Waals surface area contributed by atoms with Crippen molar-refractivity contribution < 1.29 is 0 Å². The van der Waals surface area contributed by atoms with E-state index >= 15 is 0 Å². The Labute approximate surface area is 107 Å². The quantitative estimate of drug-likeness (QED) is 0.571. The Morgan fingerprint density at radius 2 is 2.12 bits per heavy atom. The molecule has 2 rings (SSSR count). The normalized spacial score (nSPS) is 19.6. The summed E-state index contributed by atoms with van der Waals surface area (Å²) in [6.45, 7) is 2.27. The van der Waals surface area contributed by atoms with Gasteiger partial charge in [-0.3, -0.25) is 0 Å². The van der Waals surface area contributed by atoms with Crippen LogP contribution in [-0.4, -0.2) is 6.04 Å². The van der Waals surface area contributed by atoms with E-state index < -0.39 is 0 Å². The summed E-state index contributed by atoms with van der Waals surface area (Å²) in [5, 5.41) is 0. The van der Waals surface area contributed by atoms with Crippen LogP contribution in [0.25, 0.3) is 0 Å². The summed E-state index contributed by atoms with van der Waals surface area (Å²) < 4.78 is 2.31. The van der Waals surface area contributed by atoms with Gasteiger partial charge in [0.15, 0.2) is 0 Å². The number of benzene rings is 1. The van der Waals surface area contributed by atoms with Crippen LogP contribution >= 0.6 is 16.1 Å². The average molecular weight is 282 g/mol. The van der Waals surface area contributed by atoms with E-state index in [4.69, 9.17) is 0 Å². The van der Waals surface area contributed by atoms with Crippen molar-refractivity contribution in [2.24, 2.45) is 0 Å². The topological polar surface area (TPSA) is 3.24 Å². The fourth-order valence-corrected chi connectivity index (χ4v) is 3.21. The highest BCUT2D eigenvalue weighted by molar-refractivity contribution is 9.10. The van der Waals surface area contributed by atoms with Gasteiger partial charge < -0.3 is 3.93 Å². The molecule has 0 N–H and O–H groups in total. The van der Waals surface area contributed by atoms with E-state index in [2.05, 4.69) is 51.3 Å².